The van der Waals surface area contributed by atoms with E-state index in [0.29, 0.717) is 11.3 Å². The second-order valence-corrected chi connectivity index (χ2v) is 5.83. The standard InChI is InChI=1S/C12H21NO2/c1-9(2)5-10(11(14)15)6-13-7-12(8-13)3-4-12/h9-10H,3-8H2,1-2H3,(H,14,15). The zero-order valence-corrected chi connectivity index (χ0v) is 9.70. The molecule has 0 aromatic heterocycles. The molecule has 1 atom stereocenters. The lowest BCUT2D eigenvalue weighted by molar-refractivity contribution is -0.143. The Labute approximate surface area is 91.5 Å². The Hall–Kier alpha value is -0.570. The second kappa shape index (κ2) is 3.78. The van der Waals surface area contributed by atoms with Gasteiger partial charge < -0.3 is 10.0 Å². The first-order valence-electron chi connectivity index (χ1n) is 5.96. The third-order valence-electron chi connectivity index (χ3n) is 3.66. The molecule has 2 aliphatic rings. The van der Waals surface area contributed by atoms with Gasteiger partial charge in [-0.2, -0.15) is 0 Å². The van der Waals surface area contributed by atoms with Crippen LogP contribution in [0.25, 0.3) is 0 Å². The van der Waals surface area contributed by atoms with Crippen molar-refractivity contribution in [1.82, 2.24) is 4.90 Å². The first-order chi connectivity index (χ1) is 7.01. The van der Waals surface area contributed by atoms with Crippen molar-refractivity contribution in [1.29, 1.82) is 0 Å². The van der Waals surface area contributed by atoms with E-state index >= 15 is 0 Å². The number of hydrogen-bond acceptors (Lipinski definition) is 2. The van der Waals surface area contributed by atoms with Gasteiger partial charge in [0.05, 0.1) is 5.92 Å². The Morgan fingerprint density at radius 1 is 1.40 bits per heavy atom. The van der Waals surface area contributed by atoms with Gasteiger partial charge in [0, 0.05) is 19.6 Å². The maximum absolute atomic E-state index is 11.1. The number of hydrogen-bond donors (Lipinski definition) is 1. The number of aliphatic carboxylic acids is 1. The highest BCUT2D eigenvalue weighted by Gasteiger charge is 2.52. The second-order valence-electron chi connectivity index (χ2n) is 5.83. The van der Waals surface area contributed by atoms with E-state index in [0.717, 1.165) is 26.1 Å². The molecule has 0 bridgehead atoms. The topological polar surface area (TPSA) is 40.5 Å². The van der Waals surface area contributed by atoms with Gasteiger partial charge in [-0.1, -0.05) is 13.8 Å². The van der Waals surface area contributed by atoms with Crippen LogP contribution >= 0.6 is 0 Å². The zero-order chi connectivity index (χ0) is 11.1. The summed E-state index contributed by atoms with van der Waals surface area (Å²) in [6.45, 7) is 7.24. The van der Waals surface area contributed by atoms with Crippen LogP contribution in [0.3, 0.4) is 0 Å². The molecule has 0 radical (unpaired) electrons. The minimum absolute atomic E-state index is 0.166. The summed E-state index contributed by atoms with van der Waals surface area (Å²) >= 11 is 0. The normalized spacial score (nSPS) is 25.3. The molecule has 3 heteroatoms. The fourth-order valence-corrected chi connectivity index (χ4v) is 2.66. The Kier molecular flexibility index (Phi) is 2.75. The van der Waals surface area contributed by atoms with Gasteiger partial charge in [0.1, 0.15) is 0 Å². The van der Waals surface area contributed by atoms with Gasteiger partial charge in [-0.25, -0.2) is 0 Å². The lowest BCUT2D eigenvalue weighted by atomic mass is 9.91. The summed E-state index contributed by atoms with van der Waals surface area (Å²) in [5.74, 6) is -0.316. The van der Waals surface area contributed by atoms with Crippen LogP contribution in [0.15, 0.2) is 0 Å². The van der Waals surface area contributed by atoms with Crippen molar-refractivity contribution < 1.29 is 9.90 Å². The zero-order valence-electron chi connectivity index (χ0n) is 9.70. The molecule has 86 valence electrons. The molecule has 2 fully saturated rings. The van der Waals surface area contributed by atoms with Crippen LogP contribution in [0.4, 0.5) is 0 Å². The predicted octanol–water partition coefficient (Wildman–Crippen LogP) is 1.83. The quantitative estimate of drug-likeness (QED) is 0.754. The van der Waals surface area contributed by atoms with Crippen LogP contribution in [0, 0.1) is 17.3 Å². The van der Waals surface area contributed by atoms with Crippen LogP contribution in [-0.2, 0) is 4.79 Å². The molecule has 1 aliphatic carbocycles. The minimum Gasteiger partial charge on any atom is -0.481 e. The molecule has 1 saturated heterocycles. The van der Waals surface area contributed by atoms with Gasteiger partial charge in [0.25, 0.3) is 0 Å². The van der Waals surface area contributed by atoms with E-state index in [4.69, 9.17) is 5.11 Å². The molecular weight excluding hydrogens is 190 g/mol. The van der Waals surface area contributed by atoms with Crippen molar-refractivity contribution in [2.45, 2.75) is 33.1 Å². The summed E-state index contributed by atoms with van der Waals surface area (Å²) in [6, 6.07) is 0. The largest absolute Gasteiger partial charge is 0.481 e. The van der Waals surface area contributed by atoms with Crippen molar-refractivity contribution in [3.63, 3.8) is 0 Å². The van der Waals surface area contributed by atoms with Gasteiger partial charge in [-0.15, -0.1) is 0 Å². The average Bonchev–Trinajstić information content (AvgIpc) is 2.80. The molecule has 0 aromatic carbocycles. The maximum atomic E-state index is 11.1. The molecule has 1 heterocycles. The minimum atomic E-state index is -0.625. The molecule has 1 spiro atoms. The number of nitrogens with zero attached hydrogens (tertiary/aromatic N) is 1. The highest BCUT2D eigenvalue weighted by molar-refractivity contribution is 5.70. The molecule has 1 aliphatic heterocycles. The fraction of sp³-hybridized carbons (Fsp3) is 0.917. The number of carboxylic acid groups (broad SMARTS) is 1. The highest BCUT2D eigenvalue weighted by Crippen LogP contribution is 2.52. The summed E-state index contributed by atoms with van der Waals surface area (Å²) in [5.41, 5.74) is 0.640. The molecule has 15 heavy (non-hydrogen) atoms. The van der Waals surface area contributed by atoms with E-state index < -0.39 is 5.97 Å². The van der Waals surface area contributed by atoms with E-state index in [1.165, 1.54) is 12.8 Å². The van der Waals surface area contributed by atoms with Crippen molar-refractivity contribution >= 4 is 5.97 Å². The van der Waals surface area contributed by atoms with Crippen molar-refractivity contribution in [3.8, 4) is 0 Å². The van der Waals surface area contributed by atoms with Gasteiger partial charge >= 0.3 is 5.97 Å². The molecular formula is C12H21NO2. The lowest BCUT2D eigenvalue weighted by Gasteiger charge is -2.41. The fourth-order valence-electron chi connectivity index (χ4n) is 2.66. The number of carboxylic acids is 1. The molecule has 1 saturated carbocycles. The Bertz CT molecular complexity index is 250. The number of likely N-dealkylation sites (tertiary alicyclic amines) is 1. The molecule has 1 unspecified atom stereocenters. The SMILES string of the molecule is CC(C)CC(CN1CC2(CC2)C1)C(=O)O. The predicted molar refractivity (Wildman–Crippen MR) is 58.7 cm³/mol. The monoisotopic (exact) mass is 211 g/mol. The lowest BCUT2D eigenvalue weighted by Crippen LogP contribution is -2.51. The van der Waals surface area contributed by atoms with E-state index in [1.54, 1.807) is 0 Å². The summed E-state index contributed by atoms with van der Waals surface area (Å²) in [7, 11) is 0. The summed E-state index contributed by atoms with van der Waals surface area (Å²) < 4.78 is 0. The molecule has 3 nitrogen and oxygen atoms in total. The van der Waals surface area contributed by atoms with Crippen molar-refractivity contribution in [2.24, 2.45) is 17.3 Å². The van der Waals surface area contributed by atoms with Crippen LogP contribution in [0.1, 0.15) is 33.1 Å². The number of rotatable bonds is 5. The Morgan fingerprint density at radius 3 is 2.40 bits per heavy atom. The smallest absolute Gasteiger partial charge is 0.307 e. The van der Waals surface area contributed by atoms with Crippen LogP contribution < -0.4 is 0 Å². The Morgan fingerprint density at radius 2 is 2.00 bits per heavy atom. The molecule has 1 N–H and O–H groups in total. The van der Waals surface area contributed by atoms with E-state index in [2.05, 4.69) is 18.7 Å². The van der Waals surface area contributed by atoms with Crippen LogP contribution in [0.5, 0.6) is 0 Å². The van der Waals surface area contributed by atoms with Gasteiger partial charge in [0.15, 0.2) is 0 Å². The van der Waals surface area contributed by atoms with Crippen molar-refractivity contribution in [2.75, 3.05) is 19.6 Å². The molecule has 2 rings (SSSR count). The maximum Gasteiger partial charge on any atom is 0.307 e. The van der Waals surface area contributed by atoms with Gasteiger partial charge in [-0.3, -0.25) is 4.79 Å². The molecule has 0 amide bonds. The van der Waals surface area contributed by atoms with E-state index in [-0.39, 0.29) is 5.92 Å². The third kappa shape index (κ3) is 2.51. The summed E-state index contributed by atoms with van der Waals surface area (Å²) in [6.07, 6.45) is 3.54. The van der Waals surface area contributed by atoms with E-state index in [9.17, 15) is 4.79 Å². The van der Waals surface area contributed by atoms with Gasteiger partial charge in [-0.05, 0) is 30.6 Å². The average molecular weight is 211 g/mol. The van der Waals surface area contributed by atoms with Crippen LogP contribution in [-0.4, -0.2) is 35.6 Å². The summed E-state index contributed by atoms with van der Waals surface area (Å²) in [4.78, 5) is 13.4. The van der Waals surface area contributed by atoms with E-state index in [1.807, 2.05) is 0 Å². The molecule has 0 aromatic rings. The third-order valence-corrected chi connectivity index (χ3v) is 3.66. The Balaban J connectivity index is 1.76. The summed E-state index contributed by atoms with van der Waals surface area (Å²) in [5, 5.41) is 9.11. The van der Waals surface area contributed by atoms with Gasteiger partial charge in [0.2, 0.25) is 0 Å². The first-order valence-corrected chi connectivity index (χ1v) is 5.96. The highest BCUT2D eigenvalue weighted by atomic mass is 16.4. The first kappa shape index (κ1) is 10.9. The number of carbonyl (C=O) groups is 1. The van der Waals surface area contributed by atoms with Crippen molar-refractivity contribution in [3.05, 3.63) is 0 Å². The van der Waals surface area contributed by atoms with Crippen LogP contribution in [0.2, 0.25) is 0 Å².